The number of aliphatic hydroxyl groups is 1. The van der Waals surface area contributed by atoms with Crippen LogP contribution in [0.5, 0.6) is 0 Å². The fraction of sp³-hybridized carbons (Fsp3) is 1.00. The van der Waals surface area contributed by atoms with Crippen LogP contribution >= 0.6 is 0 Å². The van der Waals surface area contributed by atoms with E-state index < -0.39 is 0 Å². The molecule has 0 amide bonds. The third-order valence-corrected chi connectivity index (χ3v) is 5.61. The maximum Gasteiger partial charge on any atom is 0.0695 e. The van der Waals surface area contributed by atoms with Crippen LogP contribution in [-0.2, 0) is 0 Å². The molecule has 0 spiro atoms. The van der Waals surface area contributed by atoms with Crippen LogP contribution in [0.25, 0.3) is 0 Å². The highest BCUT2D eigenvalue weighted by Gasteiger charge is 2.39. The molecule has 3 atom stereocenters. The largest absolute Gasteiger partial charge is 0.391 e. The molecule has 0 aromatic heterocycles. The first kappa shape index (κ1) is 14.3. The Bertz CT molecular complexity index is 272. The third kappa shape index (κ3) is 3.27. The second-order valence-electron chi connectivity index (χ2n) is 7.37. The molecule has 2 rings (SSSR count). The topological polar surface area (TPSA) is 23.5 Å². The minimum absolute atomic E-state index is 0.0994. The smallest absolute Gasteiger partial charge is 0.0695 e. The molecule has 0 saturated heterocycles. The van der Waals surface area contributed by atoms with Crippen molar-refractivity contribution in [2.24, 2.45) is 17.3 Å². The first-order chi connectivity index (χ1) is 8.44. The van der Waals surface area contributed by atoms with Crippen LogP contribution in [-0.4, -0.2) is 35.7 Å². The Balaban J connectivity index is 1.95. The number of likely N-dealkylation sites (N-methyl/N-ethyl adjacent to an activating group) is 1. The third-order valence-electron chi connectivity index (χ3n) is 5.61. The maximum absolute atomic E-state index is 10.3. The van der Waals surface area contributed by atoms with E-state index >= 15 is 0 Å². The van der Waals surface area contributed by atoms with Crippen LogP contribution in [0.2, 0.25) is 0 Å². The summed E-state index contributed by atoms with van der Waals surface area (Å²) in [5, 5.41) is 10.3. The Morgan fingerprint density at radius 2 is 1.83 bits per heavy atom. The van der Waals surface area contributed by atoms with E-state index in [2.05, 4.69) is 32.7 Å². The molecular weight excluding hydrogens is 222 g/mol. The summed E-state index contributed by atoms with van der Waals surface area (Å²) < 4.78 is 0. The predicted octanol–water partition coefficient (Wildman–Crippen LogP) is 3.29. The van der Waals surface area contributed by atoms with Gasteiger partial charge in [-0.25, -0.2) is 0 Å². The van der Waals surface area contributed by atoms with E-state index in [-0.39, 0.29) is 6.10 Å². The Labute approximate surface area is 113 Å². The van der Waals surface area contributed by atoms with Crippen molar-refractivity contribution in [2.75, 3.05) is 13.6 Å². The van der Waals surface area contributed by atoms with Gasteiger partial charge < -0.3 is 10.0 Å². The molecule has 0 aromatic rings. The van der Waals surface area contributed by atoms with Gasteiger partial charge in [-0.2, -0.15) is 0 Å². The zero-order valence-electron chi connectivity index (χ0n) is 12.7. The normalized spacial score (nSPS) is 34.0. The van der Waals surface area contributed by atoms with Crippen molar-refractivity contribution in [2.45, 2.75) is 71.4 Å². The number of aliphatic hydroxyl groups excluding tert-OH is 1. The minimum Gasteiger partial charge on any atom is -0.391 e. The van der Waals surface area contributed by atoms with Gasteiger partial charge in [-0.05, 0) is 56.4 Å². The molecule has 1 N–H and O–H groups in total. The van der Waals surface area contributed by atoms with Gasteiger partial charge in [-0.1, -0.05) is 27.2 Å². The molecule has 2 aliphatic rings. The number of hydrogen-bond donors (Lipinski definition) is 1. The highest BCUT2D eigenvalue weighted by Crippen LogP contribution is 2.42. The van der Waals surface area contributed by atoms with Crippen LogP contribution in [0.15, 0.2) is 0 Å². The molecule has 2 heteroatoms. The highest BCUT2D eigenvalue weighted by molar-refractivity contribution is 4.92. The van der Waals surface area contributed by atoms with Gasteiger partial charge in [-0.15, -0.1) is 0 Å². The Morgan fingerprint density at radius 1 is 1.17 bits per heavy atom. The van der Waals surface area contributed by atoms with Gasteiger partial charge in [0.2, 0.25) is 0 Å². The molecule has 2 nitrogen and oxygen atoms in total. The average molecular weight is 253 g/mol. The van der Waals surface area contributed by atoms with Gasteiger partial charge in [0.1, 0.15) is 0 Å². The summed E-state index contributed by atoms with van der Waals surface area (Å²) in [6.45, 7) is 8.29. The lowest BCUT2D eigenvalue weighted by Crippen LogP contribution is -2.48. The lowest BCUT2D eigenvalue weighted by atomic mass is 9.67. The predicted molar refractivity (Wildman–Crippen MR) is 76.6 cm³/mol. The fourth-order valence-corrected chi connectivity index (χ4v) is 3.45. The monoisotopic (exact) mass is 253 g/mol. The van der Waals surface area contributed by atoms with E-state index in [0.29, 0.717) is 11.5 Å². The van der Waals surface area contributed by atoms with Crippen molar-refractivity contribution < 1.29 is 5.11 Å². The molecule has 0 radical (unpaired) electrons. The summed E-state index contributed by atoms with van der Waals surface area (Å²) in [5.41, 5.74) is 0.429. The zero-order chi connectivity index (χ0) is 13.3. The van der Waals surface area contributed by atoms with E-state index in [0.717, 1.165) is 18.3 Å². The number of nitrogens with zero attached hydrogens (tertiary/aromatic N) is 1. The van der Waals surface area contributed by atoms with Gasteiger partial charge in [-0.3, -0.25) is 0 Å². The van der Waals surface area contributed by atoms with Gasteiger partial charge in [0.25, 0.3) is 0 Å². The van der Waals surface area contributed by atoms with Crippen LogP contribution in [0, 0.1) is 17.3 Å². The Hall–Kier alpha value is -0.0800. The van der Waals surface area contributed by atoms with Crippen LogP contribution in [0.4, 0.5) is 0 Å². The van der Waals surface area contributed by atoms with Crippen molar-refractivity contribution in [3.05, 3.63) is 0 Å². The molecule has 0 heterocycles. The molecule has 0 aliphatic heterocycles. The molecule has 2 fully saturated rings. The number of hydrogen-bond acceptors (Lipinski definition) is 2. The second-order valence-corrected chi connectivity index (χ2v) is 7.37. The summed E-state index contributed by atoms with van der Waals surface area (Å²) in [4.78, 5) is 2.44. The van der Waals surface area contributed by atoms with Gasteiger partial charge in [0.15, 0.2) is 0 Å². The summed E-state index contributed by atoms with van der Waals surface area (Å²) in [6.07, 6.45) is 7.33. The molecule has 2 saturated carbocycles. The van der Waals surface area contributed by atoms with Crippen molar-refractivity contribution >= 4 is 0 Å². The molecule has 3 unspecified atom stereocenters. The average Bonchev–Trinajstić information content (AvgIpc) is 3.13. The van der Waals surface area contributed by atoms with Crippen molar-refractivity contribution in [1.82, 2.24) is 4.90 Å². The summed E-state index contributed by atoms with van der Waals surface area (Å²) in [5.74, 6) is 1.69. The van der Waals surface area contributed by atoms with E-state index in [1.54, 1.807) is 0 Å². The summed E-state index contributed by atoms with van der Waals surface area (Å²) in [7, 11) is 2.22. The van der Waals surface area contributed by atoms with E-state index in [4.69, 9.17) is 0 Å². The Kier molecular flexibility index (Phi) is 4.38. The zero-order valence-corrected chi connectivity index (χ0v) is 12.7. The van der Waals surface area contributed by atoms with E-state index in [1.165, 1.54) is 38.6 Å². The van der Waals surface area contributed by atoms with Crippen molar-refractivity contribution in [1.29, 1.82) is 0 Å². The second kappa shape index (κ2) is 5.50. The molecule has 0 bridgehead atoms. The molecule has 0 aromatic carbocycles. The SMILES string of the molecule is CCC(C)(C)C1CCC(O)C(N(C)CC2CC2)C1. The van der Waals surface area contributed by atoms with Crippen molar-refractivity contribution in [3.8, 4) is 0 Å². The standard InChI is InChI=1S/C16H31NO/c1-5-16(2,3)13-8-9-15(18)14(10-13)17(4)11-12-6-7-12/h12-15,18H,5-11H2,1-4H3. The molecule has 18 heavy (non-hydrogen) atoms. The molecule has 106 valence electrons. The quantitative estimate of drug-likeness (QED) is 0.812. The lowest BCUT2D eigenvalue weighted by molar-refractivity contribution is -0.0131. The Morgan fingerprint density at radius 3 is 2.39 bits per heavy atom. The van der Waals surface area contributed by atoms with Gasteiger partial charge >= 0.3 is 0 Å². The first-order valence-corrected chi connectivity index (χ1v) is 7.82. The van der Waals surface area contributed by atoms with Crippen LogP contribution in [0.1, 0.15) is 59.3 Å². The van der Waals surface area contributed by atoms with Gasteiger partial charge in [0, 0.05) is 12.6 Å². The van der Waals surface area contributed by atoms with Gasteiger partial charge in [0.05, 0.1) is 6.10 Å². The van der Waals surface area contributed by atoms with Crippen molar-refractivity contribution in [3.63, 3.8) is 0 Å². The minimum atomic E-state index is -0.0994. The van der Waals surface area contributed by atoms with Crippen LogP contribution in [0.3, 0.4) is 0 Å². The first-order valence-electron chi connectivity index (χ1n) is 7.82. The summed E-state index contributed by atoms with van der Waals surface area (Å²) >= 11 is 0. The molecule has 2 aliphatic carbocycles. The van der Waals surface area contributed by atoms with E-state index in [9.17, 15) is 5.11 Å². The maximum atomic E-state index is 10.3. The molecular formula is C16H31NO. The fourth-order valence-electron chi connectivity index (χ4n) is 3.45. The van der Waals surface area contributed by atoms with Crippen LogP contribution < -0.4 is 0 Å². The van der Waals surface area contributed by atoms with E-state index in [1.807, 2.05) is 0 Å². The summed E-state index contributed by atoms with van der Waals surface area (Å²) in [6, 6.07) is 0.398. The number of rotatable bonds is 5. The highest BCUT2D eigenvalue weighted by atomic mass is 16.3. The lowest BCUT2D eigenvalue weighted by Gasteiger charge is -2.44.